The van der Waals surface area contributed by atoms with E-state index in [0.29, 0.717) is 31.5 Å². The maximum atomic E-state index is 12.9. The quantitative estimate of drug-likeness (QED) is 0.715. The first kappa shape index (κ1) is 20.0. The number of piperazine rings is 1. The first-order valence-electron chi connectivity index (χ1n) is 9.37. The van der Waals surface area contributed by atoms with Gasteiger partial charge in [-0.3, -0.25) is 9.59 Å². The molecule has 27 heavy (non-hydrogen) atoms. The molecule has 1 aromatic rings. The highest BCUT2D eigenvalue weighted by Crippen LogP contribution is 2.26. The Bertz CT molecular complexity index is 808. The third-order valence-electron chi connectivity index (χ3n) is 5.50. The molecule has 2 aliphatic rings. The summed E-state index contributed by atoms with van der Waals surface area (Å²) in [6.45, 7) is 5.32. The SMILES string of the molecule is CC(=O)c1cccc(S(=O)(=O)N2CCC(C(=O)N3CCN(C)CC3)CC2)c1. The van der Waals surface area contributed by atoms with Crippen LogP contribution in [0.25, 0.3) is 0 Å². The molecule has 0 atom stereocenters. The molecule has 0 bridgehead atoms. The largest absolute Gasteiger partial charge is 0.340 e. The molecule has 3 rings (SSSR count). The van der Waals surface area contributed by atoms with Gasteiger partial charge < -0.3 is 9.80 Å². The second-order valence-corrected chi connectivity index (χ2v) is 9.33. The van der Waals surface area contributed by atoms with E-state index in [4.69, 9.17) is 0 Å². The Balaban J connectivity index is 1.63. The summed E-state index contributed by atoms with van der Waals surface area (Å²) >= 11 is 0. The lowest BCUT2D eigenvalue weighted by molar-refractivity contribution is -0.138. The molecule has 0 radical (unpaired) electrons. The number of hydrogen-bond acceptors (Lipinski definition) is 5. The smallest absolute Gasteiger partial charge is 0.243 e. The third-order valence-corrected chi connectivity index (χ3v) is 7.39. The van der Waals surface area contributed by atoms with E-state index in [1.807, 2.05) is 11.9 Å². The third kappa shape index (κ3) is 4.39. The van der Waals surface area contributed by atoms with Crippen molar-refractivity contribution in [1.29, 1.82) is 0 Å². The lowest BCUT2D eigenvalue weighted by Gasteiger charge is -2.37. The van der Waals surface area contributed by atoms with Crippen LogP contribution in [0.1, 0.15) is 30.1 Å². The zero-order valence-corrected chi connectivity index (χ0v) is 16.7. The van der Waals surface area contributed by atoms with Crippen molar-refractivity contribution < 1.29 is 18.0 Å². The molecular weight excluding hydrogens is 366 g/mol. The molecule has 7 nitrogen and oxygen atoms in total. The zero-order chi connectivity index (χ0) is 19.6. The van der Waals surface area contributed by atoms with E-state index in [1.54, 1.807) is 12.1 Å². The minimum atomic E-state index is -3.65. The molecule has 2 aliphatic heterocycles. The number of sulfonamides is 1. The number of hydrogen-bond donors (Lipinski definition) is 0. The van der Waals surface area contributed by atoms with E-state index in [2.05, 4.69) is 4.90 Å². The van der Waals surface area contributed by atoms with Gasteiger partial charge in [0.15, 0.2) is 5.78 Å². The monoisotopic (exact) mass is 393 g/mol. The summed E-state index contributed by atoms with van der Waals surface area (Å²) < 4.78 is 27.2. The molecule has 2 fully saturated rings. The van der Waals surface area contributed by atoms with E-state index >= 15 is 0 Å². The normalized spacial score (nSPS) is 20.6. The zero-order valence-electron chi connectivity index (χ0n) is 15.9. The number of Topliss-reactive ketones (excluding diaryl/α,β-unsaturated/α-hetero) is 1. The summed E-state index contributed by atoms with van der Waals surface area (Å²) in [6, 6.07) is 6.15. The topological polar surface area (TPSA) is 78.0 Å². The van der Waals surface area contributed by atoms with Crippen LogP contribution in [-0.4, -0.2) is 80.5 Å². The van der Waals surface area contributed by atoms with Gasteiger partial charge in [0, 0.05) is 50.7 Å². The highest BCUT2D eigenvalue weighted by molar-refractivity contribution is 7.89. The van der Waals surface area contributed by atoms with Gasteiger partial charge in [-0.25, -0.2) is 8.42 Å². The van der Waals surface area contributed by atoms with Crippen LogP contribution < -0.4 is 0 Å². The van der Waals surface area contributed by atoms with E-state index in [9.17, 15) is 18.0 Å². The Hall–Kier alpha value is -1.77. The molecule has 2 heterocycles. The minimum Gasteiger partial charge on any atom is -0.340 e. The van der Waals surface area contributed by atoms with Crippen LogP contribution in [0.4, 0.5) is 0 Å². The lowest BCUT2D eigenvalue weighted by Crippen LogP contribution is -2.50. The van der Waals surface area contributed by atoms with E-state index in [1.165, 1.54) is 23.4 Å². The van der Waals surface area contributed by atoms with Crippen molar-refractivity contribution >= 4 is 21.7 Å². The van der Waals surface area contributed by atoms with Crippen LogP contribution in [0.15, 0.2) is 29.2 Å². The van der Waals surface area contributed by atoms with Gasteiger partial charge in [0.25, 0.3) is 0 Å². The average molecular weight is 394 g/mol. The Kier molecular flexibility index (Phi) is 5.98. The Morgan fingerprint density at radius 2 is 1.63 bits per heavy atom. The van der Waals surface area contributed by atoms with Crippen LogP contribution in [0.3, 0.4) is 0 Å². The molecule has 2 saturated heterocycles. The van der Waals surface area contributed by atoms with Gasteiger partial charge in [0.2, 0.25) is 15.9 Å². The number of nitrogens with zero attached hydrogens (tertiary/aromatic N) is 3. The molecule has 0 N–H and O–H groups in total. The number of likely N-dealkylation sites (N-methyl/N-ethyl adjacent to an activating group) is 1. The van der Waals surface area contributed by atoms with Crippen molar-refractivity contribution in [1.82, 2.24) is 14.1 Å². The maximum absolute atomic E-state index is 12.9. The maximum Gasteiger partial charge on any atom is 0.243 e. The fourth-order valence-corrected chi connectivity index (χ4v) is 5.17. The van der Waals surface area contributed by atoms with Crippen LogP contribution in [0, 0.1) is 5.92 Å². The number of benzene rings is 1. The molecule has 0 aliphatic carbocycles. The van der Waals surface area contributed by atoms with E-state index < -0.39 is 10.0 Å². The Labute approximate surface area is 161 Å². The van der Waals surface area contributed by atoms with E-state index in [0.717, 1.165) is 26.2 Å². The van der Waals surface area contributed by atoms with Gasteiger partial charge in [-0.1, -0.05) is 12.1 Å². The second-order valence-electron chi connectivity index (χ2n) is 7.39. The van der Waals surface area contributed by atoms with Crippen molar-refractivity contribution in [3.05, 3.63) is 29.8 Å². The highest BCUT2D eigenvalue weighted by Gasteiger charge is 2.34. The van der Waals surface area contributed by atoms with Crippen LogP contribution in [-0.2, 0) is 14.8 Å². The van der Waals surface area contributed by atoms with Gasteiger partial charge in [0.1, 0.15) is 0 Å². The predicted octanol–water partition coefficient (Wildman–Crippen LogP) is 1.06. The molecular formula is C19H27N3O4S. The van der Waals surface area contributed by atoms with Crippen molar-refractivity contribution in [2.24, 2.45) is 5.92 Å². The highest BCUT2D eigenvalue weighted by atomic mass is 32.2. The summed E-state index contributed by atoms with van der Waals surface area (Å²) in [5.41, 5.74) is 0.385. The fraction of sp³-hybridized carbons (Fsp3) is 0.579. The van der Waals surface area contributed by atoms with Crippen molar-refractivity contribution in [3.8, 4) is 0 Å². The second kappa shape index (κ2) is 8.08. The van der Waals surface area contributed by atoms with E-state index in [-0.39, 0.29) is 22.5 Å². The average Bonchev–Trinajstić information content (AvgIpc) is 2.68. The number of carbonyl (C=O) groups excluding carboxylic acids is 2. The van der Waals surface area contributed by atoms with Crippen LogP contribution in [0.2, 0.25) is 0 Å². The molecule has 1 aromatic carbocycles. The molecule has 0 saturated carbocycles. The van der Waals surface area contributed by atoms with Crippen LogP contribution >= 0.6 is 0 Å². The number of piperidine rings is 1. The Morgan fingerprint density at radius 3 is 2.22 bits per heavy atom. The molecule has 8 heteroatoms. The standard InChI is InChI=1S/C19H27N3O4S/c1-15(23)17-4-3-5-18(14-17)27(25,26)22-8-6-16(7-9-22)19(24)21-12-10-20(2)11-13-21/h3-5,14,16H,6-13H2,1-2H3. The summed E-state index contributed by atoms with van der Waals surface area (Å²) in [5, 5.41) is 0. The summed E-state index contributed by atoms with van der Waals surface area (Å²) in [7, 11) is -1.60. The van der Waals surface area contributed by atoms with Gasteiger partial charge in [0.05, 0.1) is 4.90 Å². The summed E-state index contributed by atoms with van der Waals surface area (Å²) in [4.78, 5) is 28.5. The lowest BCUT2D eigenvalue weighted by atomic mass is 9.96. The number of amides is 1. The summed E-state index contributed by atoms with van der Waals surface area (Å²) in [5.74, 6) is -0.120. The van der Waals surface area contributed by atoms with Crippen molar-refractivity contribution in [2.75, 3.05) is 46.3 Å². The summed E-state index contributed by atoms with van der Waals surface area (Å²) in [6.07, 6.45) is 1.08. The van der Waals surface area contributed by atoms with Crippen molar-refractivity contribution in [3.63, 3.8) is 0 Å². The molecule has 1 amide bonds. The van der Waals surface area contributed by atoms with Gasteiger partial charge >= 0.3 is 0 Å². The number of rotatable bonds is 4. The first-order chi connectivity index (χ1) is 12.8. The Morgan fingerprint density at radius 1 is 1.00 bits per heavy atom. The number of ketones is 1. The molecule has 0 aromatic heterocycles. The van der Waals surface area contributed by atoms with Gasteiger partial charge in [-0.05, 0) is 38.9 Å². The van der Waals surface area contributed by atoms with Gasteiger partial charge in [-0.2, -0.15) is 4.31 Å². The van der Waals surface area contributed by atoms with Gasteiger partial charge in [-0.15, -0.1) is 0 Å². The number of carbonyl (C=O) groups is 2. The molecule has 148 valence electrons. The predicted molar refractivity (Wildman–Crippen MR) is 102 cm³/mol. The minimum absolute atomic E-state index is 0.108. The fourth-order valence-electron chi connectivity index (χ4n) is 3.65. The van der Waals surface area contributed by atoms with Crippen LogP contribution in [0.5, 0.6) is 0 Å². The molecule has 0 spiro atoms. The first-order valence-corrected chi connectivity index (χ1v) is 10.8. The van der Waals surface area contributed by atoms with Crippen molar-refractivity contribution in [2.45, 2.75) is 24.7 Å². The molecule has 0 unspecified atom stereocenters.